The SMILES string of the molecule is CCC1NCN(C2CCCCCC2)C1=O. The smallest absolute Gasteiger partial charge is 0.241 e. The lowest BCUT2D eigenvalue weighted by atomic mass is 10.1. The second-order valence-electron chi connectivity index (χ2n) is 4.78. The molecule has 0 aromatic rings. The number of carbonyl (C=O) groups excluding carboxylic acids is 1. The second kappa shape index (κ2) is 4.97. The molecule has 1 saturated carbocycles. The van der Waals surface area contributed by atoms with Crippen LogP contribution >= 0.6 is 0 Å². The number of nitrogens with zero attached hydrogens (tertiary/aromatic N) is 1. The van der Waals surface area contributed by atoms with Gasteiger partial charge in [0.05, 0.1) is 12.7 Å². The predicted octanol–water partition coefficient (Wildman–Crippen LogP) is 1.88. The summed E-state index contributed by atoms with van der Waals surface area (Å²) in [6.45, 7) is 2.86. The van der Waals surface area contributed by atoms with E-state index in [1.807, 2.05) is 0 Å². The lowest BCUT2D eigenvalue weighted by Crippen LogP contribution is -2.38. The van der Waals surface area contributed by atoms with Crippen LogP contribution in [0.25, 0.3) is 0 Å². The fraction of sp³-hybridized carbons (Fsp3) is 0.917. The maximum Gasteiger partial charge on any atom is 0.241 e. The van der Waals surface area contributed by atoms with E-state index in [0.29, 0.717) is 11.9 Å². The number of nitrogens with one attached hydrogen (secondary N) is 1. The van der Waals surface area contributed by atoms with E-state index in [1.54, 1.807) is 0 Å². The maximum absolute atomic E-state index is 12.0. The van der Waals surface area contributed by atoms with Gasteiger partial charge in [-0.1, -0.05) is 32.6 Å². The minimum atomic E-state index is 0.0910. The summed E-state index contributed by atoms with van der Waals surface area (Å²) in [5.41, 5.74) is 0. The van der Waals surface area contributed by atoms with Gasteiger partial charge in [0.25, 0.3) is 0 Å². The molecule has 2 fully saturated rings. The highest BCUT2D eigenvalue weighted by Crippen LogP contribution is 2.24. The summed E-state index contributed by atoms with van der Waals surface area (Å²) in [5.74, 6) is 0.337. The van der Waals surface area contributed by atoms with Crippen molar-refractivity contribution in [3.05, 3.63) is 0 Å². The Kier molecular flexibility index (Phi) is 3.62. The fourth-order valence-electron chi connectivity index (χ4n) is 2.77. The highest BCUT2D eigenvalue weighted by molar-refractivity contribution is 5.83. The van der Waals surface area contributed by atoms with Crippen LogP contribution in [0.3, 0.4) is 0 Å². The van der Waals surface area contributed by atoms with Crippen molar-refractivity contribution in [2.75, 3.05) is 6.67 Å². The van der Waals surface area contributed by atoms with Gasteiger partial charge in [-0.05, 0) is 19.3 Å². The van der Waals surface area contributed by atoms with Gasteiger partial charge in [-0.25, -0.2) is 0 Å². The summed E-state index contributed by atoms with van der Waals surface area (Å²) in [7, 11) is 0. The minimum Gasteiger partial charge on any atom is -0.326 e. The van der Waals surface area contributed by atoms with Gasteiger partial charge in [0.1, 0.15) is 0 Å². The van der Waals surface area contributed by atoms with E-state index in [2.05, 4.69) is 17.1 Å². The first kappa shape index (κ1) is 10.9. The van der Waals surface area contributed by atoms with Crippen molar-refractivity contribution in [2.45, 2.75) is 64.0 Å². The molecule has 2 rings (SSSR count). The number of rotatable bonds is 2. The summed E-state index contributed by atoms with van der Waals surface area (Å²) < 4.78 is 0. The van der Waals surface area contributed by atoms with Gasteiger partial charge >= 0.3 is 0 Å². The largest absolute Gasteiger partial charge is 0.326 e. The van der Waals surface area contributed by atoms with Gasteiger partial charge in [0.15, 0.2) is 0 Å². The normalized spacial score (nSPS) is 29.5. The third-order valence-electron chi connectivity index (χ3n) is 3.76. The first-order valence-electron chi connectivity index (χ1n) is 6.36. The first-order chi connectivity index (χ1) is 7.33. The lowest BCUT2D eigenvalue weighted by molar-refractivity contribution is -0.131. The van der Waals surface area contributed by atoms with E-state index in [0.717, 1.165) is 13.1 Å². The number of amides is 1. The van der Waals surface area contributed by atoms with Crippen molar-refractivity contribution >= 4 is 5.91 Å². The quantitative estimate of drug-likeness (QED) is 0.706. The zero-order valence-electron chi connectivity index (χ0n) is 9.67. The molecule has 0 spiro atoms. The van der Waals surface area contributed by atoms with Crippen molar-refractivity contribution in [1.29, 1.82) is 0 Å². The average molecular weight is 210 g/mol. The lowest BCUT2D eigenvalue weighted by Gasteiger charge is -2.26. The van der Waals surface area contributed by atoms with Crippen molar-refractivity contribution in [3.63, 3.8) is 0 Å². The highest BCUT2D eigenvalue weighted by atomic mass is 16.2. The topological polar surface area (TPSA) is 32.3 Å². The molecule has 1 aliphatic heterocycles. The van der Waals surface area contributed by atoms with E-state index >= 15 is 0 Å². The van der Waals surface area contributed by atoms with Gasteiger partial charge in [-0.15, -0.1) is 0 Å². The summed E-state index contributed by atoms with van der Waals surface area (Å²) in [5, 5.41) is 3.30. The van der Waals surface area contributed by atoms with Crippen molar-refractivity contribution in [3.8, 4) is 0 Å². The van der Waals surface area contributed by atoms with Crippen LogP contribution in [0, 0.1) is 0 Å². The molecule has 0 radical (unpaired) electrons. The fourth-order valence-corrected chi connectivity index (χ4v) is 2.77. The van der Waals surface area contributed by atoms with E-state index in [1.165, 1.54) is 38.5 Å². The summed E-state index contributed by atoms with van der Waals surface area (Å²) in [6.07, 6.45) is 8.64. The summed E-state index contributed by atoms with van der Waals surface area (Å²) in [4.78, 5) is 14.1. The molecular formula is C12H22N2O. The number of carbonyl (C=O) groups is 1. The molecule has 0 aromatic heterocycles. The van der Waals surface area contributed by atoms with E-state index in [4.69, 9.17) is 0 Å². The third kappa shape index (κ3) is 2.33. The first-order valence-corrected chi connectivity index (χ1v) is 6.36. The zero-order chi connectivity index (χ0) is 10.7. The van der Waals surface area contributed by atoms with E-state index in [9.17, 15) is 4.79 Å². The molecule has 2 aliphatic rings. The summed E-state index contributed by atoms with van der Waals surface area (Å²) in [6, 6.07) is 0.609. The Bertz CT molecular complexity index is 222. The van der Waals surface area contributed by atoms with Crippen molar-refractivity contribution in [1.82, 2.24) is 10.2 Å². The molecule has 1 atom stereocenters. The zero-order valence-corrected chi connectivity index (χ0v) is 9.67. The molecule has 1 unspecified atom stereocenters. The molecule has 1 saturated heterocycles. The van der Waals surface area contributed by atoms with Crippen LogP contribution in [0.4, 0.5) is 0 Å². The van der Waals surface area contributed by atoms with Gasteiger partial charge < -0.3 is 4.90 Å². The second-order valence-corrected chi connectivity index (χ2v) is 4.78. The maximum atomic E-state index is 12.0. The van der Waals surface area contributed by atoms with Crippen molar-refractivity contribution < 1.29 is 4.79 Å². The molecule has 3 nitrogen and oxygen atoms in total. The van der Waals surface area contributed by atoms with E-state index in [-0.39, 0.29) is 6.04 Å². The Morgan fingerprint density at radius 3 is 2.47 bits per heavy atom. The van der Waals surface area contributed by atoms with Gasteiger partial charge in [0.2, 0.25) is 5.91 Å². The highest BCUT2D eigenvalue weighted by Gasteiger charge is 2.34. The Morgan fingerprint density at radius 1 is 1.27 bits per heavy atom. The monoisotopic (exact) mass is 210 g/mol. The Hall–Kier alpha value is -0.570. The van der Waals surface area contributed by atoms with E-state index < -0.39 is 0 Å². The van der Waals surface area contributed by atoms with Crippen LogP contribution < -0.4 is 5.32 Å². The Morgan fingerprint density at radius 2 is 1.93 bits per heavy atom. The molecule has 1 amide bonds. The van der Waals surface area contributed by atoms with Gasteiger partial charge in [-0.3, -0.25) is 10.1 Å². The third-order valence-corrected chi connectivity index (χ3v) is 3.76. The number of hydrogen-bond acceptors (Lipinski definition) is 2. The Balaban J connectivity index is 1.95. The van der Waals surface area contributed by atoms with Gasteiger partial charge in [0, 0.05) is 6.04 Å². The number of hydrogen-bond donors (Lipinski definition) is 1. The minimum absolute atomic E-state index is 0.0910. The molecule has 15 heavy (non-hydrogen) atoms. The molecule has 1 N–H and O–H groups in total. The molecule has 86 valence electrons. The van der Waals surface area contributed by atoms with Crippen molar-refractivity contribution in [2.24, 2.45) is 0 Å². The van der Waals surface area contributed by atoms with Crippen LogP contribution in [0.1, 0.15) is 51.9 Å². The van der Waals surface area contributed by atoms with Gasteiger partial charge in [-0.2, -0.15) is 0 Å². The van der Waals surface area contributed by atoms with Crippen LogP contribution in [0.2, 0.25) is 0 Å². The standard InChI is InChI=1S/C12H22N2O/c1-2-11-12(15)14(9-13-11)10-7-5-3-4-6-8-10/h10-11,13H,2-9H2,1H3. The Labute approximate surface area is 92.2 Å². The molecule has 0 aromatic carbocycles. The summed E-state index contributed by atoms with van der Waals surface area (Å²) >= 11 is 0. The van der Waals surface area contributed by atoms with Crippen LogP contribution in [-0.4, -0.2) is 29.6 Å². The molecule has 1 heterocycles. The molecular weight excluding hydrogens is 188 g/mol. The molecule has 3 heteroatoms. The van der Waals surface area contributed by atoms with Crippen LogP contribution in [-0.2, 0) is 4.79 Å². The van der Waals surface area contributed by atoms with Crippen LogP contribution in [0.5, 0.6) is 0 Å². The predicted molar refractivity (Wildman–Crippen MR) is 60.4 cm³/mol. The molecule has 1 aliphatic carbocycles. The average Bonchev–Trinajstić information content (AvgIpc) is 2.49. The van der Waals surface area contributed by atoms with Crippen LogP contribution in [0.15, 0.2) is 0 Å². The molecule has 0 bridgehead atoms.